The molecule has 0 radical (unpaired) electrons. The number of pyridine rings is 1. The summed E-state index contributed by atoms with van der Waals surface area (Å²) in [5.74, 6) is 3.43. The molecular weight excluding hydrogens is 368 g/mol. The predicted octanol–water partition coefficient (Wildman–Crippen LogP) is 3.26. The molecule has 0 amide bonds. The first kappa shape index (κ1) is 17.8. The molecule has 5 rings (SSSR count). The monoisotopic (exact) mass is 390 g/mol. The molecule has 3 heterocycles. The van der Waals surface area contributed by atoms with Crippen molar-refractivity contribution in [1.82, 2.24) is 9.88 Å². The quantitative estimate of drug-likeness (QED) is 0.678. The van der Waals surface area contributed by atoms with Crippen LogP contribution in [0.1, 0.15) is 35.2 Å². The average molecular weight is 390 g/mol. The number of benzene rings is 1. The fourth-order valence-corrected chi connectivity index (χ4v) is 3.67. The van der Waals surface area contributed by atoms with Crippen LogP contribution in [0.15, 0.2) is 46.6 Å². The number of hydrogen-bond acceptors (Lipinski definition) is 7. The van der Waals surface area contributed by atoms with Crippen LogP contribution in [0, 0.1) is 5.92 Å². The molecule has 1 aromatic carbocycles. The van der Waals surface area contributed by atoms with Crippen molar-refractivity contribution in [3.63, 3.8) is 0 Å². The topological polar surface area (TPSA) is 76.4 Å². The highest BCUT2D eigenvalue weighted by atomic mass is 16.5. The molecule has 1 aromatic heterocycles. The van der Waals surface area contributed by atoms with Crippen molar-refractivity contribution in [2.45, 2.75) is 19.3 Å². The van der Waals surface area contributed by atoms with Gasteiger partial charge >= 0.3 is 0 Å². The van der Waals surface area contributed by atoms with E-state index in [4.69, 9.17) is 14.5 Å². The fourth-order valence-electron chi connectivity index (χ4n) is 3.67. The van der Waals surface area contributed by atoms with Crippen molar-refractivity contribution in [2.75, 3.05) is 26.8 Å². The Morgan fingerprint density at radius 3 is 2.93 bits per heavy atom. The Bertz CT molecular complexity index is 1010. The van der Waals surface area contributed by atoms with Crippen LogP contribution in [0.2, 0.25) is 0 Å². The first-order valence-electron chi connectivity index (χ1n) is 9.91. The Kier molecular flexibility index (Phi) is 4.50. The van der Waals surface area contributed by atoms with E-state index in [0.29, 0.717) is 47.7 Å². The molecule has 0 saturated heterocycles. The van der Waals surface area contributed by atoms with Crippen LogP contribution in [0.4, 0.5) is 5.69 Å². The summed E-state index contributed by atoms with van der Waals surface area (Å²) in [5, 5.41) is 0. The van der Waals surface area contributed by atoms with E-state index in [1.807, 2.05) is 17.0 Å². The molecule has 0 bridgehead atoms. The van der Waals surface area contributed by atoms with E-state index in [1.54, 1.807) is 31.6 Å². The van der Waals surface area contributed by atoms with Gasteiger partial charge < -0.3 is 14.4 Å². The predicted molar refractivity (Wildman–Crippen MR) is 110 cm³/mol. The van der Waals surface area contributed by atoms with Gasteiger partial charge in [-0.2, -0.15) is 0 Å². The van der Waals surface area contributed by atoms with Gasteiger partial charge in [-0.1, -0.05) is 0 Å². The highest BCUT2D eigenvalue weighted by molar-refractivity contribution is 6.21. The number of methoxy groups -OCH3 is 1. The molecule has 2 aromatic rings. The lowest BCUT2D eigenvalue weighted by atomic mass is 10.0. The number of aromatic nitrogens is 1. The fraction of sp³-hybridized carbons (Fsp3) is 0.364. The van der Waals surface area contributed by atoms with Crippen molar-refractivity contribution in [2.24, 2.45) is 15.9 Å². The van der Waals surface area contributed by atoms with Crippen molar-refractivity contribution in [3.8, 4) is 11.5 Å². The number of aliphatic imine (C=N–C) groups is 2. The van der Waals surface area contributed by atoms with Crippen LogP contribution < -0.4 is 9.47 Å². The maximum atomic E-state index is 12.8. The van der Waals surface area contributed by atoms with Gasteiger partial charge in [-0.3, -0.25) is 14.8 Å². The number of fused-ring (bicyclic) bond motifs is 3. The molecule has 3 aliphatic rings. The zero-order valence-corrected chi connectivity index (χ0v) is 16.3. The largest absolute Gasteiger partial charge is 0.491 e. The van der Waals surface area contributed by atoms with Gasteiger partial charge in [0.25, 0.3) is 0 Å². The number of carbonyl (C=O) groups is 1. The van der Waals surface area contributed by atoms with Crippen LogP contribution in [-0.4, -0.2) is 54.1 Å². The molecule has 148 valence electrons. The summed E-state index contributed by atoms with van der Waals surface area (Å²) in [4.78, 5) is 28.4. The third-order valence-electron chi connectivity index (χ3n) is 5.41. The second-order valence-electron chi connectivity index (χ2n) is 7.47. The molecule has 1 fully saturated rings. The van der Waals surface area contributed by atoms with E-state index in [0.717, 1.165) is 17.9 Å². The number of ether oxygens (including phenoxy) is 2. The van der Waals surface area contributed by atoms with Gasteiger partial charge in [0.1, 0.15) is 17.4 Å². The number of nitrogens with zero attached hydrogens (tertiary/aromatic N) is 4. The van der Waals surface area contributed by atoms with E-state index >= 15 is 0 Å². The molecule has 1 aliphatic carbocycles. The SMILES string of the molecule is COc1c(OCC2CC2)ccc2c1N=C(CC(=O)c1cccnc1)N1CCN=C21. The summed E-state index contributed by atoms with van der Waals surface area (Å²) in [6, 6.07) is 7.46. The Morgan fingerprint density at radius 1 is 1.28 bits per heavy atom. The Hall–Kier alpha value is -3.22. The molecular formula is C22H22N4O3. The molecule has 0 atom stereocenters. The summed E-state index contributed by atoms with van der Waals surface area (Å²) in [5.41, 5.74) is 2.18. The van der Waals surface area contributed by atoms with E-state index < -0.39 is 0 Å². The first-order valence-corrected chi connectivity index (χ1v) is 9.91. The lowest BCUT2D eigenvalue weighted by Gasteiger charge is -2.28. The highest BCUT2D eigenvalue weighted by Gasteiger charge is 2.33. The van der Waals surface area contributed by atoms with E-state index in [2.05, 4.69) is 9.98 Å². The van der Waals surface area contributed by atoms with Gasteiger partial charge in [-0.25, -0.2) is 4.99 Å². The zero-order chi connectivity index (χ0) is 19.8. The lowest BCUT2D eigenvalue weighted by molar-refractivity contribution is 0.0998. The summed E-state index contributed by atoms with van der Waals surface area (Å²) in [7, 11) is 1.62. The Morgan fingerprint density at radius 2 is 2.17 bits per heavy atom. The molecule has 7 heteroatoms. The molecule has 0 N–H and O–H groups in total. The van der Waals surface area contributed by atoms with Gasteiger partial charge in [0.15, 0.2) is 17.3 Å². The number of carbonyl (C=O) groups excluding carboxylic acids is 1. The maximum Gasteiger partial charge on any atom is 0.187 e. The van der Waals surface area contributed by atoms with Crippen LogP contribution in [0.5, 0.6) is 11.5 Å². The first-order chi connectivity index (χ1) is 14.2. The van der Waals surface area contributed by atoms with Crippen LogP contribution >= 0.6 is 0 Å². The average Bonchev–Trinajstić information content (AvgIpc) is 3.45. The molecule has 1 saturated carbocycles. The van der Waals surface area contributed by atoms with Gasteiger partial charge in [-0.15, -0.1) is 0 Å². The molecule has 0 unspecified atom stereocenters. The van der Waals surface area contributed by atoms with Crippen molar-refractivity contribution < 1.29 is 14.3 Å². The van der Waals surface area contributed by atoms with Crippen LogP contribution in [-0.2, 0) is 0 Å². The number of hydrogen-bond donors (Lipinski definition) is 0. The smallest absolute Gasteiger partial charge is 0.187 e. The third-order valence-corrected chi connectivity index (χ3v) is 5.41. The number of amidine groups is 2. The van der Waals surface area contributed by atoms with Crippen molar-refractivity contribution >= 4 is 23.1 Å². The lowest BCUT2D eigenvalue weighted by Crippen LogP contribution is -2.38. The number of rotatable bonds is 7. The van der Waals surface area contributed by atoms with Crippen LogP contribution in [0.25, 0.3) is 0 Å². The van der Waals surface area contributed by atoms with E-state index in [9.17, 15) is 4.79 Å². The van der Waals surface area contributed by atoms with Gasteiger partial charge in [0, 0.05) is 30.1 Å². The molecule has 29 heavy (non-hydrogen) atoms. The van der Waals surface area contributed by atoms with Gasteiger partial charge in [0.2, 0.25) is 0 Å². The minimum absolute atomic E-state index is 0.0216. The summed E-state index contributed by atoms with van der Waals surface area (Å²) in [6.45, 7) is 2.09. The van der Waals surface area contributed by atoms with Crippen molar-refractivity contribution in [3.05, 3.63) is 47.8 Å². The molecule has 2 aliphatic heterocycles. The molecule has 7 nitrogen and oxygen atoms in total. The normalized spacial score (nSPS) is 17.2. The van der Waals surface area contributed by atoms with E-state index in [-0.39, 0.29) is 12.2 Å². The standard InChI is InChI=1S/C22H22N4O3/c1-28-21-18(29-13-14-4-5-14)7-6-16-20(21)25-19(26-10-9-24-22(16)26)11-17(27)15-3-2-8-23-12-15/h2-3,6-8,12,14H,4-5,9-11,13H2,1H3. The number of Topliss-reactive ketones (excluding diaryl/α,β-unsaturated/α-hetero) is 1. The second-order valence-corrected chi connectivity index (χ2v) is 7.47. The zero-order valence-electron chi connectivity index (χ0n) is 16.3. The number of ketones is 1. The Labute approximate surface area is 169 Å². The highest BCUT2D eigenvalue weighted by Crippen LogP contribution is 2.44. The summed E-state index contributed by atoms with van der Waals surface area (Å²) >= 11 is 0. The summed E-state index contributed by atoms with van der Waals surface area (Å²) < 4.78 is 11.7. The van der Waals surface area contributed by atoms with E-state index in [1.165, 1.54) is 12.8 Å². The Balaban J connectivity index is 1.51. The minimum atomic E-state index is -0.0216. The van der Waals surface area contributed by atoms with Gasteiger partial charge in [-0.05, 0) is 43.0 Å². The maximum absolute atomic E-state index is 12.8. The van der Waals surface area contributed by atoms with Gasteiger partial charge in [0.05, 0.1) is 26.7 Å². The molecule has 0 spiro atoms. The van der Waals surface area contributed by atoms with Crippen molar-refractivity contribution in [1.29, 1.82) is 0 Å². The summed E-state index contributed by atoms with van der Waals surface area (Å²) in [6.07, 6.45) is 5.86. The second kappa shape index (κ2) is 7.31. The van der Waals surface area contributed by atoms with Crippen LogP contribution in [0.3, 0.4) is 0 Å². The minimum Gasteiger partial charge on any atom is -0.491 e. The third kappa shape index (κ3) is 3.37.